The van der Waals surface area contributed by atoms with E-state index in [1.54, 1.807) is 14.2 Å². The van der Waals surface area contributed by atoms with Crippen molar-refractivity contribution >= 4 is 0 Å². The lowest BCUT2D eigenvalue weighted by atomic mass is 9.97. The van der Waals surface area contributed by atoms with Crippen molar-refractivity contribution in [1.82, 2.24) is 10.2 Å². The summed E-state index contributed by atoms with van der Waals surface area (Å²) in [7, 11) is 5.41. The molecule has 2 rings (SSSR count). The van der Waals surface area contributed by atoms with Gasteiger partial charge in [0.15, 0.2) is 11.5 Å². The Morgan fingerprint density at radius 1 is 1.19 bits per heavy atom. The zero-order valence-electron chi connectivity index (χ0n) is 13.7. The number of methoxy groups -OCH3 is 2. The van der Waals surface area contributed by atoms with E-state index >= 15 is 0 Å². The molecule has 0 radical (unpaired) electrons. The first-order valence-electron chi connectivity index (χ1n) is 7.82. The molecule has 0 fully saturated rings. The summed E-state index contributed by atoms with van der Waals surface area (Å²) >= 11 is 0. The van der Waals surface area contributed by atoms with Crippen molar-refractivity contribution in [1.29, 1.82) is 0 Å². The van der Waals surface area contributed by atoms with E-state index in [4.69, 9.17) is 9.47 Å². The third kappa shape index (κ3) is 3.89. The topological polar surface area (TPSA) is 33.7 Å². The van der Waals surface area contributed by atoms with Gasteiger partial charge in [0.25, 0.3) is 0 Å². The van der Waals surface area contributed by atoms with Crippen molar-refractivity contribution in [3.05, 3.63) is 23.3 Å². The maximum Gasteiger partial charge on any atom is 0.161 e. The molecule has 21 heavy (non-hydrogen) atoms. The van der Waals surface area contributed by atoms with Gasteiger partial charge in [0.1, 0.15) is 0 Å². The van der Waals surface area contributed by atoms with E-state index in [0.717, 1.165) is 37.6 Å². The number of nitrogens with one attached hydrogen (secondary N) is 1. The van der Waals surface area contributed by atoms with Gasteiger partial charge in [-0.15, -0.1) is 0 Å². The lowest BCUT2D eigenvalue weighted by Crippen LogP contribution is -2.37. The predicted molar refractivity (Wildman–Crippen MR) is 86.3 cm³/mol. The van der Waals surface area contributed by atoms with Gasteiger partial charge in [0.05, 0.1) is 14.2 Å². The average molecular weight is 292 g/mol. The Balaban J connectivity index is 2.05. The van der Waals surface area contributed by atoms with Gasteiger partial charge in [-0.25, -0.2) is 0 Å². The molecule has 1 aromatic rings. The summed E-state index contributed by atoms with van der Waals surface area (Å²) in [6, 6.07) is 4.90. The van der Waals surface area contributed by atoms with Crippen LogP contribution in [0.5, 0.6) is 11.5 Å². The summed E-state index contributed by atoms with van der Waals surface area (Å²) in [6.07, 6.45) is 3.56. The smallest absolute Gasteiger partial charge is 0.161 e. The molecule has 4 nitrogen and oxygen atoms in total. The van der Waals surface area contributed by atoms with E-state index < -0.39 is 0 Å². The highest BCUT2D eigenvalue weighted by Crippen LogP contribution is 2.33. The maximum absolute atomic E-state index is 5.43. The van der Waals surface area contributed by atoms with Crippen LogP contribution >= 0.6 is 0 Å². The van der Waals surface area contributed by atoms with Crippen LogP contribution in [0.2, 0.25) is 0 Å². The lowest BCUT2D eigenvalue weighted by Gasteiger charge is -2.34. The quantitative estimate of drug-likeness (QED) is 0.783. The SMILES string of the molecule is CNCCCC(C)N1CCc2cc(OC)c(OC)cc2C1. The van der Waals surface area contributed by atoms with E-state index in [1.807, 2.05) is 7.05 Å². The van der Waals surface area contributed by atoms with Gasteiger partial charge in [-0.05, 0) is 63.0 Å². The summed E-state index contributed by atoms with van der Waals surface area (Å²) in [4.78, 5) is 2.57. The second-order valence-electron chi connectivity index (χ2n) is 5.79. The van der Waals surface area contributed by atoms with Crippen LogP contribution in [-0.4, -0.2) is 45.3 Å². The molecule has 0 amide bonds. The van der Waals surface area contributed by atoms with Gasteiger partial charge in [-0.1, -0.05) is 0 Å². The summed E-state index contributed by atoms with van der Waals surface area (Å²) in [5.41, 5.74) is 2.77. The molecular formula is C17H28N2O2. The molecule has 1 heterocycles. The molecule has 1 atom stereocenters. The minimum atomic E-state index is 0.625. The summed E-state index contributed by atoms with van der Waals surface area (Å²) in [5, 5.41) is 3.22. The Morgan fingerprint density at radius 2 is 1.86 bits per heavy atom. The molecular weight excluding hydrogens is 264 g/mol. The van der Waals surface area contributed by atoms with E-state index in [1.165, 1.54) is 24.0 Å². The van der Waals surface area contributed by atoms with Gasteiger partial charge >= 0.3 is 0 Å². The fourth-order valence-electron chi connectivity index (χ4n) is 3.04. The normalized spacial score (nSPS) is 16.4. The highest BCUT2D eigenvalue weighted by atomic mass is 16.5. The third-order valence-corrected chi connectivity index (χ3v) is 4.42. The highest BCUT2D eigenvalue weighted by molar-refractivity contribution is 5.48. The maximum atomic E-state index is 5.43. The molecule has 0 spiro atoms. The third-order valence-electron chi connectivity index (χ3n) is 4.42. The van der Waals surface area contributed by atoms with Crippen LogP contribution in [0.15, 0.2) is 12.1 Å². The molecule has 0 saturated carbocycles. The zero-order valence-corrected chi connectivity index (χ0v) is 13.7. The van der Waals surface area contributed by atoms with Gasteiger partial charge in [-0.2, -0.15) is 0 Å². The number of nitrogens with zero attached hydrogens (tertiary/aromatic N) is 1. The van der Waals surface area contributed by atoms with Crippen LogP contribution in [0.25, 0.3) is 0 Å². The molecule has 1 N–H and O–H groups in total. The Morgan fingerprint density at radius 3 is 2.48 bits per heavy atom. The fourth-order valence-corrected chi connectivity index (χ4v) is 3.04. The van der Waals surface area contributed by atoms with Crippen LogP contribution in [0, 0.1) is 0 Å². The zero-order chi connectivity index (χ0) is 15.2. The Bertz CT molecular complexity index is 462. The molecule has 118 valence electrons. The summed E-state index contributed by atoms with van der Waals surface area (Å²) in [5.74, 6) is 1.67. The Labute approximate surface area is 128 Å². The molecule has 0 aromatic heterocycles. The van der Waals surface area contributed by atoms with E-state index in [0.29, 0.717) is 6.04 Å². The van der Waals surface area contributed by atoms with Crippen LogP contribution in [-0.2, 0) is 13.0 Å². The number of fused-ring (bicyclic) bond motifs is 1. The molecule has 4 heteroatoms. The molecule has 0 bridgehead atoms. The van der Waals surface area contributed by atoms with E-state index in [9.17, 15) is 0 Å². The molecule has 1 aromatic carbocycles. The van der Waals surface area contributed by atoms with Gasteiger partial charge < -0.3 is 14.8 Å². The lowest BCUT2D eigenvalue weighted by molar-refractivity contribution is 0.179. The first-order valence-corrected chi connectivity index (χ1v) is 7.82. The number of hydrogen-bond acceptors (Lipinski definition) is 4. The van der Waals surface area contributed by atoms with Crippen LogP contribution in [0.3, 0.4) is 0 Å². The number of rotatable bonds is 7. The highest BCUT2D eigenvalue weighted by Gasteiger charge is 2.22. The fraction of sp³-hybridized carbons (Fsp3) is 0.647. The monoisotopic (exact) mass is 292 g/mol. The number of hydrogen-bond donors (Lipinski definition) is 1. The van der Waals surface area contributed by atoms with Crippen LogP contribution in [0.1, 0.15) is 30.9 Å². The van der Waals surface area contributed by atoms with E-state index in [2.05, 4.69) is 29.3 Å². The van der Waals surface area contributed by atoms with Crippen LogP contribution in [0.4, 0.5) is 0 Å². The van der Waals surface area contributed by atoms with Crippen LogP contribution < -0.4 is 14.8 Å². The minimum absolute atomic E-state index is 0.625. The number of ether oxygens (including phenoxy) is 2. The van der Waals surface area contributed by atoms with E-state index in [-0.39, 0.29) is 0 Å². The van der Waals surface area contributed by atoms with Crippen molar-refractivity contribution in [3.63, 3.8) is 0 Å². The number of benzene rings is 1. The largest absolute Gasteiger partial charge is 0.493 e. The molecule has 1 aliphatic rings. The summed E-state index contributed by atoms with van der Waals surface area (Å²) in [6.45, 7) is 5.57. The predicted octanol–water partition coefficient (Wildman–Crippen LogP) is 2.45. The van der Waals surface area contributed by atoms with Crippen molar-refractivity contribution < 1.29 is 9.47 Å². The molecule has 1 unspecified atom stereocenters. The standard InChI is InChI=1S/C17H28N2O2/c1-13(6-5-8-18-2)19-9-7-14-10-16(20-3)17(21-4)11-15(14)12-19/h10-11,13,18H,5-9,12H2,1-4H3. The molecule has 0 saturated heterocycles. The first-order chi connectivity index (χ1) is 10.2. The minimum Gasteiger partial charge on any atom is -0.493 e. The average Bonchev–Trinajstić information content (AvgIpc) is 2.52. The van der Waals surface area contributed by atoms with Crippen molar-refractivity contribution in [3.8, 4) is 11.5 Å². The van der Waals surface area contributed by atoms with Gasteiger partial charge in [0, 0.05) is 19.1 Å². The van der Waals surface area contributed by atoms with Crippen molar-refractivity contribution in [2.45, 2.75) is 38.8 Å². The van der Waals surface area contributed by atoms with Gasteiger partial charge in [-0.3, -0.25) is 4.90 Å². The second kappa shape index (κ2) is 7.66. The first kappa shape index (κ1) is 16.1. The molecule has 0 aliphatic carbocycles. The van der Waals surface area contributed by atoms with Crippen molar-refractivity contribution in [2.24, 2.45) is 0 Å². The Kier molecular flexibility index (Phi) is 5.88. The second-order valence-corrected chi connectivity index (χ2v) is 5.79. The van der Waals surface area contributed by atoms with Gasteiger partial charge in [0.2, 0.25) is 0 Å². The van der Waals surface area contributed by atoms with Crippen molar-refractivity contribution in [2.75, 3.05) is 34.4 Å². The summed E-state index contributed by atoms with van der Waals surface area (Å²) < 4.78 is 10.8. The molecule has 1 aliphatic heterocycles. The Hall–Kier alpha value is -1.26.